The van der Waals surface area contributed by atoms with Crippen molar-refractivity contribution < 1.29 is 19.4 Å². The van der Waals surface area contributed by atoms with E-state index in [2.05, 4.69) is 4.98 Å². The van der Waals surface area contributed by atoms with Crippen molar-refractivity contribution in [2.75, 3.05) is 6.61 Å². The van der Waals surface area contributed by atoms with Crippen LogP contribution >= 0.6 is 11.3 Å². The number of para-hydroxylation sites is 1. The first-order chi connectivity index (χ1) is 13.5. The summed E-state index contributed by atoms with van der Waals surface area (Å²) in [5, 5.41) is 10.6. The number of benzene rings is 2. The van der Waals surface area contributed by atoms with Gasteiger partial charge >= 0.3 is 5.97 Å². The third-order valence-electron chi connectivity index (χ3n) is 4.61. The molecule has 1 heterocycles. The zero-order valence-corrected chi connectivity index (χ0v) is 18.1. The number of esters is 1. The van der Waals surface area contributed by atoms with E-state index in [4.69, 9.17) is 4.74 Å². The Hall–Kier alpha value is -2.73. The molecule has 3 aromatic rings. The number of Topliss-reactive ketones (excluding diaryl/α,β-unsaturated/α-hetero) is 1. The molecule has 0 spiro atoms. The zero-order valence-electron chi connectivity index (χ0n) is 17.3. The Balaban J connectivity index is 1.89. The maximum absolute atomic E-state index is 12.9. The maximum atomic E-state index is 12.9. The molecule has 5 nitrogen and oxygen atoms in total. The molecule has 2 aromatic carbocycles. The number of phenolic OH excluding ortho intramolecular Hbond substituents is 1. The molecule has 29 heavy (non-hydrogen) atoms. The average molecular weight is 412 g/mol. The number of aromatic nitrogens is 1. The summed E-state index contributed by atoms with van der Waals surface area (Å²) in [4.78, 5) is 30.1. The molecule has 1 N–H and O–H groups in total. The van der Waals surface area contributed by atoms with E-state index in [9.17, 15) is 14.7 Å². The predicted molar refractivity (Wildman–Crippen MR) is 115 cm³/mol. The Labute approximate surface area is 174 Å². The maximum Gasteiger partial charge on any atom is 0.339 e. The molecule has 0 unspecified atom stereocenters. The predicted octanol–water partition coefficient (Wildman–Crippen LogP) is 5.47. The molecular formula is C23H25NO4S. The smallest absolute Gasteiger partial charge is 0.339 e. The fraction of sp³-hybridized carbons (Fsp3) is 0.348. The van der Waals surface area contributed by atoms with Gasteiger partial charge in [0.15, 0.2) is 0 Å². The normalized spacial score (nSPS) is 12.2. The second-order valence-corrected chi connectivity index (χ2v) is 9.79. The summed E-state index contributed by atoms with van der Waals surface area (Å²) in [5.74, 6) is -0.614. The van der Waals surface area contributed by atoms with Crippen LogP contribution in [0.15, 0.2) is 42.5 Å². The summed E-state index contributed by atoms with van der Waals surface area (Å²) in [6.45, 7) is 9.03. The SMILES string of the molecule is CC(C)(C)C(=O)C(C)(C)COC(=O)c1cc(O)ccc1-c1nc2ccccc2s1. The summed E-state index contributed by atoms with van der Waals surface area (Å²) in [6, 6.07) is 12.3. The highest BCUT2D eigenvalue weighted by Gasteiger charge is 2.37. The number of ether oxygens (including phenoxy) is 1. The molecule has 0 atom stereocenters. The van der Waals surface area contributed by atoms with E-state index < -0.39 is 16.8 Å². The number of nitrogens with zero attached hydrogens (tertiary/aromatic N) is 1. The highest BCUT2D eigenvalue weighted by Crippen LogP contribution is 2.35. The van der Waals surface area contributed by atoms with Crippen LogP contribution in [0.2, 0.25) is 0 Å². The summed E-state index contributed by atoms with van der Waals surface area (Å²) in [5.41, 5.74) is 0.308. The van der Waals surface area contributed by atoms with Gasteiger partial charge in [-0.1, -0.05) is 32.9 Å². The number of hydrogen-bond donors (Lipinski definition) is 1. The van der Waals surface area contributed by atoms with E-state index in [0.717, 1.165) is 10.2 Å². The first-order valence-electron chi connectivity index (χ1n) is 9.40. The second-order valence-electron chi connectivity index (χ2n) is 8.76. The van der Waals surface area contributed by atoms with Crippen LogP contribution < -0.4 is 0 Å². The summed E-state index contributed by atoms with van der Waals surface area (Å²) in [7, 11) is 0. The molecule has 0 saturated carbocycles. The lowest BCUT2D eigenvalue weighted by Crippen LogP contribution is -2.38. The Bertz CT molecular complexity index is 1040. The number of ketones is 1. The van der Waals surface area contributed by atoms with Crippen molar-refractivity contribution in [3.8, 4) is 16.3 Å². The standard InChI is InChI=1S/C23H25NO4S/c1-22(2,3)21(27)23(4,5)13-28-20(26)16-12-14(25)10-11-15(16)19-24-17-8-6-7-9-18(17)29-19/h6-12,25H,13H2,1-5H3. The van der Waals surface area contributed by atoms with Crippen molar-refractivity contribution in [1.82, 2.24) is 4.98 Å². The molecule has 0 fully saturated rings. The Morgan fingerprint density at radius 3 is 2.41 bits per heavy atom. The van der Waals surface area contributed by atoms with E-state index in [1.54, 1.807) is 19.9 Å². The van der Waals surface area contributed by atoms with Gasteiger partial charge in [-0.25, -0.2) is 9.78 Å². The van der Waals surface area contributed by atoms with E-state index >= 15 is 0 Å². The molecule has 0 bridgehead atoms. The molecule has 6 heteroatoms. The average Bonchev–Trinajstić information content (AvgIpc) is 3.08. The van der Waals surface area contributed by atoms with Crippen LogP contribution in [-0.4, -0.2) is 28.4 Å². The monoisotopic (exact) mass is 411 g/mol. The fourth-order valence-corrected chi connectivity index (χ4v) is 4.28. The Morgan fingerprint density at radius 1 is 1.07 bits per heavy atom. The molecule has 0 aliphatic carbocycles. The summed E-state index contributed by atoms with van der Waals surface area (Å²) < 4.78 is 6.51. The lowest BCUT2D eigenvalue weighted by atomic mass is 9.75. The van der Waals surface area contributed by atoms with Gasteiger partial charge < -0.3 is 9.84 Å². The van der Waals surface area contributed by atoms with Gasteiger partial charge in [-0.05, 0) is 44.2 Å². The molecule has 3 rings (SSSR count). The topological polar surface area (TPSA) is 76.5 Å². The van der Waals surface area contributed by atoms with Gasteiger partial charge in [-0.15, -0.1) is 11.3 Å². The molecule has 0 aliphatic heterocycles. The van der Waals surface area contributed by atoms with Gasteiger partial charge in [0.25, 0.3) is 0 Å². The number of rotatable bonds is 5. The largest absolute Gasteiger partial charge is 0.508 e. The van der Waals surface area contributed by atoms with Crippen molar-refractivity contribution in [3.63, 3.8) is 0 Å². The highest BCUT2D eigenvalue weighted by molar-refractivity contribution is 7.21. The fourth-order valence-electron chi connectivity index (χ4n) is 3.28. The van der Waals surface area contributed by atoms with E-state index in [1.165, 1.54) is 23.5 Å². The number of carbonyl (C=O) groups excluding carboxylic acids is 2. The molecular weight excluding hydrogens is 386 g/mol. The van der Waals surface area contributed by atoms with E-state index in [0.29, 0.717) is 10.6 Å². The van der Waals surface area contributed by atoms with Crippen molar-refractivity contribution >= 4 is 33.3 Å². The number of carbonyl (C=O) groups is 2. The molecule has 0 radical (unpaired) electrons. The minimum absolute atomic E-state index is 0.0140. The van der Waals surface area contributed by atoms with Crippen molar-refractivity contribution in [2.45, 2.75) is 34.6 Å². The number of aromatic hydroxyl groups is 1. The van der Waals surface area contributed by atoms with Gasteiger partial charge in [-0.2, -0.15) is 0 Å². The number of fused-ring (bicyclic) bond motifs is 1. The third kappa shape index (κ3) is 4.48. The number of phenols is 1. The van der Waals surface area contributed by atoms with Crippen LogP contribution in [0.25, 0.3) is 20.8 Å². The minimum Gasteiger partial charge on any atom is -0.508 e. The molecule has 0 amide bonds. The summed E-state index contributed by atoms with van der Waals surface area (Å²) >= 11 is 1.47. The Kier molecular flexibility index (Phi) is 5.50. The van der Waals surface area contributed by atoms with Crippen molar-refractivity contribution in [2.24, 2.45) is 10.8 Å². The quantitative estimate of drug-likeness (QED) is 0.564. The summed E-state index contributed by atoms with van der Waals surface area (Å²) in [6.07, 6.45) is 0. The Morgan fingerprint density at radius 2 is 1.76 bits per heavy atom. The second kappa shape index (κ2) is 7.59. The highest BCUT2D eigenvalue weighted by atomic mass is 32.1. The van der Waals surface area contributed by atoms with Crippen LogP contribution in [0, 0.1) is 10.8 Å². The first-order valence-corrected chi connectivity index (χ1v) is 10.2. The lowest BCUT2D eigenvalue weighted by molar-refractivity contribution is -0.137. The lowest BCUT2D eigenvalue weighted by Gasteiger charge is -2.30. The van der Waals surface area contributed by atoms with Gasteiger partial charge in [-0.3, -0.25) is 4.79 Å². The van der Waals surface area contributed by atoms with Gasteiger partial charge in [0.1, 0.15) is 23.1 Å². The van der Waals surface area contributed by atoms with Crippen molar-refractivity contribution in [1.29, 1.82) is 0 Å². The van der Waals surface area contributed by atoms with Crippen LogP contribution in [0.3, 0.4) is 0 Å². The van der Waals surface area contributed by atoms with Crippen LogP contribution in [0.4, 0.5) is 0 Å². The zero-order chi connectivity index (χ0) is 21.4. The van der Waals surface area contributed by atoms with Crippen molar-refractivity contribution in [3.05, 3.63) is 48.0 Å². The minimum atomic E-state index is -0.819. The van der Waals surface area contributed by atoms with Gasteiger partial charge in [0.05, 0.1) is 21.2 Å². The first kappa shape index (κ1) is 21.0. The van der Waals surface area contributed by atoms with Gasteiger partial charge in [0.2, 0.25) is 0 Å². The molecule has 152 valence electrons. The molecule has 0 aliphatic rings. The third-order valence-corrected chi connectivity index (χ3v) is 5.68. The number of hydrogen-bond acceptors (Lipinski definition) is 6. The van der Waals surface area contributed by atoms with Crippen LogP contribution in [-0.2, 0) is 9.53 Å². The van der Waals surface area contributed by atoms with Crippen LogP contribution in [0.1, 0.15) is 45.0 Å². The molecule has 1 aromatic heterocycles. The van der Waals surface area contributed by atoms with E-state index in [-0.39, 0.29) is 23.7 Å². The van der Waals surface area contributed by atoms with Crippen LogP contribution in [0.5, 0.6) is 5.75 Å². The number of thiazole rings is 1. The van der Waals surface area contributed by atoms with E-state index in [1.807, 2.05) is 45.0 Å². The van der Waals surface area contributed by atoms with Gasteiger partial charge in [0, 0.05) is 11.0 Å². The molecule has 0 saturated heterocycles.